The van der Waals surface area contributed by atoms with Crippen LogP contribution in [0, 0.1) is 0 Å². The molecule has 0 aromatic heterocycles. The molecule has 4 heteroatoms. The third-order valence-corrected chi connectivity index (χ3v) is 5.62. The maximum Gasteiger partial charge on any atom is 0.334 e. The van der Waals surface area contributed by atoms with E-state index in [4.69, 9.17) is 9.47 Å². The van der Waals surface area contributed by atoms with Gasteiger partial charge in [-0.15, -0.1) is 0 Å². The molecular formula is C24H38O4. The summed E-state index contributed by atoms with van der Waals surface area (Å²) >= 11 is 0. The monoisotopic (exact) mass is 390 g/mol. The van der Waals surface area contributed by atoms with E-state index < -0.39 is 0 Å². The van der Waals surface area contributed by atoms with E-state index in [0.29, 0.717) is 0 Å². The zero-order chi connectivity index (χ0) is 20.2. The predicted octanol–water partition coefficient (Wildman–Crippen LogP) is 6.19. The van der Waals surface area contributed by atoms with E-state index in [9.17, 15) is 9.59 Å². The van der Waals surface area contributed by atoms with E-state index in [1.165, 1.54) is 64.2 Å². The summed E-state index contributed by atoms with van der Waals surface area (Å²) in [5, 5.41) is 0. The Hall–Kier alpha value is -1.58. The van der Waals surface area contributed by atoms with Gasteiger partial charge in [-0.3, -0.25) is 0 Å². The highest BCUT2D eigenvalue weighted by Crippen LogP contribution is 2.21. The molecule has 0 aromatic rings. The summed E-state index contributed by atoms with van der Waals surface area (Å²) in [4.78, 5) is 23.0. The predicted molar refractivity (Wildman–Crippen MR) is 112 cm³/mol. The van der Waals surface area contributed by atoms with Crippen LogP contribution in [0.1, 0.15) is 104 Å². The summed E-state index contributed by atoms with van der Waals surface area (Å²) in [5.41, 5.74) is 1.75. The second kappa shape index (κ2) is 12.8. The van der Waals surface area contributed by atoms with E-state index >= 15 is 0 Å². The second-order valence-electron chi connectivity index (χ2n) is 8.35. The number of ether oxygens (including phenoxy) is 2. The minimum absolute atomic E-state index is 0.0326. The largest absolute Gasteiger partial charge is 0.455 e. The Morgan fingerprint density at radius 2 is 0.857 bits per heavy atom. The van der Waals surface area contributed by atoms with Crippen molar-refractivity contribution in [1.29, 1.82) is 0 Å². The van der Waals surface area contributed by atoms with Gasteiger partial charge in [0.05, 0.1) is 0 Å². The van der Waals surface area contributed by atoms with Crippen molar-refractivity contribution in [2.24, 2.45) is 0 Å². The van der Waals surface area contributed by atoms with Crippen LogP contribution in [0.15, 0.2) is 23.3 Å². The third kappa shape index (κ3) is 8.62. The highest BCUT2D eigenvalue weighted by molar-refractivity contribution is 5.91. The van der Waals surface area contributed by atoms with Gasteiger partial charge in [0.25, 0.3) is 0 Å². The summed E-state index contributed by atoms with van der Waals surface area (Å²) in [6, 6.07) is 0. The lowest BCUT2D eigenvalue weighted by Crippen LogP contribution is -2.03. The number of rotatable bonds is 15. The zero-order valence-corrected chi connectivity index (χ0v) is 17.8. The van der Waals surface area contributed by atoms with Crippen molar-refractivity contribution in [1.82, 2.24) is 0 Å². The molecule has 0 N–H and O–H groups in total. The molecule has 2 heterocycles. The molecule has 0 fully saturated rings. The van der Waals surface area contributed by atoms with Gasteiger partial charge >= 0.3 is 11.9 Å². The van der Waals surface area contributed by atoms with Gasteiger partial charge in [-0.05, 0) is 51.7 Å². The van der Waals surface area contributed by atoms with Crippen molar-refractivity contribution in [2.45, 2.75) is 116 Å². The molecule has 0 aromatic carbocycles. The van der Waals surface area contributed by atoms with Crippen molar-refractivity contribution in [3.63, 3.8) is 0 Å². The van der Waals surface area contributed by atoms with Crippen molar-refractivity contribution in [3.05, 3.63) is 23.3 Å². The molecule has 2 atom stereocenters. The van der Waals surface area contributed by atoms with Crippen LogP contribution in [-0.4, -0.2) is 24.1 Å². The lowest BCUT2D eigenvalue weighted by atomic mass is 10.0. The first-order valence-electron chi connectivity index (χ1n) is 11.4. The first-order valence-corrected chi connectivity index (χ1v) is 11.4. The molecule has 0 unspecified atom stereocenters. The van der Waals surface area contributed by atoms with Gasteiger partial charge in [-0.2, -0.15) is 0 Å². The first kappa shape index (κ1) is 22.7. The second-order valence-corrected chi connectivity index (χ2v) is 8.35. The first-order chi connectivity index (χ1) is 13.6. The van der Waals surface area contributed by atoms with E-state index in [-0.39, 0.29) is 24.1 Å². The smallest absolute Gasteiger partial charge is 0.334 e. The molecule has 0 saturated carbocycles. The van der Waals surface area contributed by atoms with Crippen LogP contribution < -0.4 is 0 Å². The molecule has 0 bridgehead atoms. The number of hydrogen-bond acceptors (Lipinski definition) is 4. The number of carbonyl (C=O) groups excluding carboxylic acids is 2. The lowest BCUT2D eigenvalue weighted by Gasteiger charge is -2.04. The van der Waals surface area contributed by atoms with Crippen molar-refractivity contribution in [3.8, 4) is 0 Å². The molecular weight excluding hydrogens is 352 g/mol. The highest BCUT2D eigenvalue weighted by Gasteiger charge is 2.21. The maximum atomic E-state index is 11.5. The van der Waals surface area contributed by atoms with Gasteiger partial charge in [-0.1, -0.05) is 64.2 Å². The molecule has 4 nitrogen and oxygen atoms in total. The summed E-state index contributed by atoms with van der Waals surface area (Å²) in [7, 11) is 0. The molecule has 2 aliphatic rings. The normalized spacial score (nSPS) is 21.5. The molecule has 2 aliphatic heterocycles. The molecule has 158 valence electrons. The molecule has 0 radical (unpaired) electrons. The Balaban J connectivity index is 1.30. The van der Waals surface area contributed by atoms with Gasteiger partial charge in [0.15, 0.2) is 0 Å². The summed E-state index contributed by atoms with van der Waals surface area (Å²) in [6.45, 7) is 3.83. The quantitative estimate of drug-likeness (QED) is 0.247. The number of unbranched alkanes of at least 4 members (excludes halogenated alkanes) is 11. The average Bonchev–Trinajstić information content (AvgIpc) is 3.14. The zero-order valence-electron chi connectivity index (χ0n) is 17.8. The lowest BCUT2D eigenvalue weighted by molar-refractivity contribution is -0.140. The molecule has 0 aliphatic carbocycles. The highest BCUT2D eigenvalue weighted by atomic mass is 16.6. The van der Waals surface area contributed by atoms with Gasteiger partial charge in [0.2, 0.25) is 0 Å². The average molecular weight is 391 g/mol. The van der Waals surface area contributed by atoms with Crippen LogP contribution in [0.3, 0.4) is 0 Å². The Kier molecular flexibility index (Phi) is 10.4. The van der Waals surface area contributed by atoms with E-state index in [2.05, 4.69) is 0 Å². The summed E-state index contributed by atoms with van der Waals surface area (Å²) in [6.07, 6.45) is 20.7. The maximum absolute atomic E-state index is 11.5. The molecule has 0 spiro atoms. The number of cyclic esters (lactones) is 2. The number of carbonyl (C=O) groups is 2. The number of esters is 2. The Labute approximate surface area is 170 Å². The van der Waals surface area contributed by atoms with E-state index in [0.717, 1.165) is 36.8 Å². The van der Waals surface area contributed by atoms with Crippen LogP contribution in [0.25, 0.3) is 0 Å². The van der Waals surface area contributed by atoms with Gasteiger partial charge in [0, 0.05) is 11.1 Å². The SMILES string of the molecule is C[C@H]1C=C(CCCCCCCCCCCCCCC2=C[C@H](C)OC2=O)C(=O)O1. The third-order valence-electron chi connectivity index (χ3n) is 5.62. The minimum atomic E-state index is -0.111. The fourth-order valence-electron chi connectivity index (χ4n) is 4.03. The van der Waals surface area contributed by atoms with E-state index in [1.54, 1.807) is 0 Å². The fraction of sp³-hybridized carbons (Fsp3) is 0.750. The molecule has 2 rings (SSSR count). The Morgan fingerprint density at radius 3 is 1.11 bits per heavy atom. The van der Waals surface area contributed by atoms with Crippen molar-refractivity contribution in [2.75, 3.05) is 0 Å². The van der Waals surface area contributed by atoms with Crippen LogP contribution in [0.2, 0.25) is 0 Å². The Morgan fingerprint density at radius 1 is 0.571 bits per heavy atom. The van der Waals surface area contributed by atoms with Crippen LogP contribution in [0.4, 0.5) is 0 Å². The standard InChI is InChI=1S/C24H38O4/c1-19-17-21(23(25)27-19)15-13-11-9-7-5-3-4-6-8-10-12-14-16-22-18-20(2)28-24(22)26/h17-20H,3-16H2,1-2H3/t19-,20-/m0/s1. The van der Waals surface area contributed by atoms with E-state index in [1.807, 2.05) is 26.0 Å². The van der Waals surface area contributed by atoms with Crippen LogP contribution >= 0.6 is 0 Å². The summed E-state index contributed by atoms with van der Waals surface area (Å²) < 4.78 is 10.2. The van der Waals surface area contributed by atoms with Gasteiger partial charge < -0.3 is 9.47 Å². The van der Waals surface area contributed by atoms with Crippen LogP contribution in [-0.2, 0) is 19.1 Å². The topological polar surface area (TPSA) is 52.6 Å². The molecule has 0 amide bonds. The van der Waals surface area contributed by atoms with Crippen LogP contribution in [0.5, 0.6) is 0 Å². The van der Waals surface area contributed by atoms with Crippen molar-refractivity contribution < 1.29 is 19.1 Å². The van der Waals surface area contributed by atoms with Gasteiger partial charge in [0.1, 0.15) is 12.2 Å². The fourth-order valence-corrected chi connectivity index (χ4v) is 4.03. The van der Waals surface area contributed by atoms with Gasteiger partial charge in [-0.25, -0.2) is 9.59 Å². The molecule has 0 saturated heterocycles. The minimum Gasteiger partial charge on any atom is -0.455 e. The summed E-state index contributed by atoms with van der Waals surface area (Å²) in [5.74, 6) is -0.222. The Bertz CT molecular complexity index is 511. The molecule has 28 heavy (non-hydrogen) atoms. The number of hydrogen-bond donors (Lipinski definition) is 0. The van der Waals surface area contributed by atoms with Crippen molar-refractivity contribution >= 4 is 11.9 Å².